The van der Waals surface area contributed by atoms with E-state index in [1.54, 1.807) is 6.20 Å². The van der Waals surface area contributed by atoms with E-state index in [4.69, 9.17) is 0 Å². The Bertz CT molecular complexity index is 1530. The van der Waals surface area contributed by atoms with Crippen LogP contribution in [-0.2, 0) is 6.54 Å². The maximum absolute atomic E-state index is 13.1. The lowest BCUT2D eigenvalue weighted by atomic mass is 10.0. The van der Waals surface area contributed by atoms with Crippen LogP contribution in [0.4, 0.5) is 0 Å². The zero-order valence-corrected chi connectivity index (χ0v) is 21.2. The predicted octanol–water partition coefficient (Wildman–Crippen LogP) is 7.17. The highest BCUT2D eigenvalue weighted by Gasteiger charge is 2.16. The number of amides is 1. The molecule has 0 aliphatic rings. The Morgan fingerprint density at radius 1 is 0.889 bits per heavy atom. The minimum Gasteiger partial charge on any atom is -0.345 e. The number of benzene rings is 3. The average molecular weight is 474 g/mol. The van der Waals surface area contributed by atoms with Gasteiger partial charge in [-0.05, 0) is 79.3 Å². The van der Waals surface area contributed by atoms with E-state index in [9.17, 15) is 4.79 Å². The van der Waals surface area contributed by atoms with E-state index in [1.165, 1.54) is 27.9 Å². The maximum atomic E-state index is 13.1. The average Bonchev–Trinajstić information content (AvgIpc) is 3.14. The number of fused-ring (bicyclic) bond motifs is 1. The van der Waals surface area contributed by atoms with E-state index < -0.39 is 0 Å². The number of carbonyl (C=O) groups excluding carboxylic acids is 1. The van der Waals surface area contributed by atoms with Gasteiger partial charge in [-0.2, -0.15) is 0 Å². The van der Waals surface area contributed by atoms with Crippen LogP contribution in [0.1, 0.15) is 51.3 Å². The third-order valence-electron chi connectivity index (χ3n) is 7.05. The van der Waals surface area contributed by atoms with Crippen LogP contribution in [0.2, 0.25) is 0 Å². The van der Waals surface area contributed by atoms with Crippen molar-refractivity contribution in [3.8, 4) is 11.1 Å². The standard InChI is InChI=1S/C32H31N3O/c1-21-16-29(19-33-18-21)23(3)34-32(36)28-14-15-31-30(17-28)22(2)24(4)35(31)20-25-10-12-27(13-11-25)26-8-6-5-7-9-26/h5-19,23H,20H2,1-4H3,(H,34,36)/t23-/m0/s1. The van der Waals surface area contributed by atoms with E-state index in [0.717, 1.165) is 28.6 Å². The predicted molar refractivity (Wildman–Crippen MR) is 147 cm³/mol. The number of aromatic nitrogens is 2. The molecule has 0 unspecified atom stereocenters. The highest BCUT2D eigenvalue weighted by molar-refractivity contribution is 5.99. The van der Waals surface area contributed by atoms with Gasteiger partial charge in [0.1, 0.15) is 0 Å². The Balaban J connectivity index is 1.38. The van der Waals surface area contributed by atoms with Crippen molar-refractivity contribution in [2.75, 3.05) is 0 Å². The number of carbonyl (C=O) groups is 1. The molecule has 5 aromatic rings. The molecule has 0 saturated carbocycles. The lowest BCUT2D eigenvalue weighted by Crippen LogP contribution is -2.26. The Morgan fingerprint density at radius 3 is 2.33 bits per heavy atom. The third kappa shape index (κ3) is 4.67. The molecule has 2 aromatic heterocycles. The van der Waals surface area contributed by atoms with E-state index in [-0.39, 0.29) is 11.9 Å². The summed E-state index contributed by atoms with van der Waals surface area (Å²) in [7, 11) is 0. The third-order valence-corrected chi connectivity index (χ3v) is 7.05. The summed E-state index contributed by atoms with van der Waals surface area (Å²) >= 11 is 0. The second kappa shape index (κ2) is 9.82. The lowest BCUT2D eigenvalue weighted by Gasteiger charge is -2.15. The van der Waals surface area contributed by atoms with Crippen molar-refractivity contribution in [2.45, 2.75) is 40.3 Å². The molecule has 3 aromatic carbocycles. The lowest BCUT2D eigenvalue weighted by molar-refractivity contribution is 0.0940. The molecule has 4 nitrogen and oxygen atoms in total. The Morgan fingerprint density at radius 2 is 1.61 bits per heavy atom. The summed E-state index contributed by atoms with van der Waals surface area (Å²) < 4.78 is 2.34. The summed E-state index contributed by atoms with van der Waals surface area (Å²) in [5.41, 5.74) is 10.0. The Hall–Kier alpha value is -4.18. The topological polar surface area (TPSA) is 46.9 Å². The Kier molecular flexibility index (Phi) is 6.43. The highest BCUT2D eigenvalue weighted by Crippen LogP contribution is 2.28. The fraction of sp³-hybridized carbons (Fsp3) is 0.188. The zero-order chi connectivity index (χ0) is 25.2. The molecule has 2 heterocycles. The first-order valence-corrected chi connectivity index (χ1v) is 12.4. The summed E-state index contributed by atoms with van der Waals surface area (Å²) in [6.07, 6.45) is 3.63. The van der Waals surface area contributed by atoms with Crippen LogP contribution in [0.15, 0.2) is 91.3 Å². The maximum Gasteiger partial charge on any atom is 0.251 e. The molecule has 180 valence electrons. The van der Waals surface area contributed by atoms with Gasteiger partial charge in [0, 0.05) is 41.1 Å². The van der Waals surface area contributed by atoms with Crippen LogP contribution in [0.5, 0.6) is 0 Å². The molecule has 0 spiro atoms. The molecular formula is C32H31N3O. The summed E-state index contributed by atoms with van der Waals surface area (Å²) in [5.74, 6) is -0.0767. The number of hydrogen-bond donors (Lipinski definition) is 1. The number of nitrogens with one attached hydrogen (secondary N) is 1. The van der Waals surface area contributed by atoms with Crippen molar-refractivity contribution < 1.29 is 4.79 Å². The van der Waals surface area contributed by atoms with Crippen LogP contribution in [-0.4, -0.2) is 15.5 Å². The molecule has 1 N–H and O–H groups in total. The van der Waals surface area contributed by atoms with Crippen molar-refractivity contribution in [3.05, 3.63) is 125 Å². The fourth-order valence-corrected chi connectivity index (χ4v) is 4.79. The SMILES string of the molecule is Cc1cncc([C@H](C)NC(=O)c2ccc3c(c2)c(C)c(C)n3Cc2ccc(-c3ccccc3)cc2)c1. The van der Waals surface area contributed by atoms with Crippen LogP contribution >= 0.6 is 0 Å². The van der Waals surface area contributed by atoms with E-state index in [2.05, 4.69) is 89.4 Å². The molecular weight excluding hydrogens is 442 g/mol. The first-order valence-electron chi connectivity index (χ1n) is 12.4. The molecule has 36 heavy (non-hydrogen) atoms. The molecule has 0 saturated heterocycles. The Labute approximate surface area is 212 Å². The van der Waals surface area contributed by atoms with E-state index >= 15 is 0 Å². The van der Waals surface area contributed by atoms with Crippen molar-refractivity contribution in [1.29, 1.82) is 0 Å². The minimum atomic E-state index is -0.119. The smallest absolute Gasteiger partial charge is 0.251 e. The summed E-state index contributed by atoms with van der Waals surface area (Å²) in [4.78, 5) is 17.3. The largest absolute Gasteiger partial charge is 0.345 e. The molecule has 0 fully saturated rings. The molecule has 0 aliphatic heterocycles. The van der Waals surface area contributed by atoms with Gasteiger partial charge in [0.05, 0.1) is 6.04 Å². The monoisotopic (exact) mass is 473 g/mol. The van der Waals surface area contributed by atoms with E-state index in [0.29, 0.717) is 5.56 Å². The van der Waals surface area contributed by atoms with Crippen molar-refractivity contribution >= 4 is 16.8 Å². The number of hydrogen-bond acceptors (Lipinski definition) is 2. The van der Waals surface area contributed by atoms with Gasteiger partial charge >= 0.3 is 0 Å². The molecule has 4 heteroatoms. The molecule has 0 radical (unpaired) electrons. The van der Waals surface area contributed by atoms with Gasteiger partial charge in [-0.15, -0.1) is 0 Å². The highest BCUT2D eigenvalue weighted by atomic mass is 16.1. The van der Waals surface area contributed by atoms with Gasteiger partial charge in [-0.1, -0.05) is 60.7 Å². The molecule has 5 rings (SSSR count). The van der Waals surface area contributed by atoms with E-state index in [1.807, 2.05) is 38.2 Å². The fourth-order valence-electron chi connectivity index (χ4n) is 4.79. The summed E-state index contributed by atoms with van der Waals surface area (Å²) in [6, 6.07) is 27.2. The van der Waals surface area contributed by atoms with Crippen molar-refractivity contribution in [2.24, 2.45) is 0 Å². The van der Waals surface area contributed by atoms with Crippen LogP contribution in [0.3, 0.4) is 0 Å². The molecule has 1 amide bonds. The van der Waals surface area contributed by atoms with Gasteiger partial charge in [0.15, 0.2) is 0 Å². The van der Waals surface area contributed by atoms with Gasteiger partial charge in [0.2, 0.25) is 0 Å². The summed E-state index contributed by atoms with van der Waals surface area (Å²) in [6.45, 7) is 9.07. The van der Waals surface area contributed by atoms with Crippen LogP contribution in [0, 0.1) is 20.8 Å². The molecule has 1 atom stereocenters. The molecule has 0 aliphatic carbocycles. The van der Waals surface area contributed by atoms with Crippen molar-refractivity contribution in [1.82, 2.24) is 14.9 Å². The van der Waals surface area contributed by atoms with Crippen LogP contribution < -0.4 is 5.32 Å². The quantitative estimate of drug-likeness (QED) is 0.284. The van der Waals surface area contributed by atoms with Crippen molar-refractivity contribution in [3.63, 3.8) is 0 Å². The van der Waals surface area contributed by atoms with Gasteiger partial charge in [-0.25, -0.2) is 0 Å². The number of pyridine rings is 1. The van der Waals surface area contributed by atoms with Crippen LogP contribution in [0.25, 0.3) is 22.0 Å². The minimum absolute atomic E-state index is 0.0767. The second-order valence-electron chi connectivity index (χ2n) is 9.58. The molecule has 0 bridgehead atoms. The summed E-state index contributed by atoms with van der Waals surface area (Å²) in [5, 5.41) is 4.23. The first kappa shape index (κ1) is 23.6. The van der Waals surface area contributed by atoms with Gasteiger partial charge < -0.3 is 9.88 Å². The number of rotatable bonds is 6. The number of nitrogens with zero attached hydrogens (tertiary/aromatic N) is 2. The number of aryl methyl sites for hydroxylation is 2. The van der Waals surface area contributed by atoms with Gasteiger partial charge in [-0.3, -0.25) is 9.78 Å². The second-order valence-corrected chi connectivity index (χ2v) is 9.58. The normalized spacial score (nSPS) is 12.0. The first-order chi connectivity index (χ1) is 17.4. The van der Waals surface area contributed by atoms with Gasteiger partial charge in [0.25, 0.3) is 5.91 Å². The zero-order valence-electron chi connectivity index (χ0n) is 21.2.